The maximum atomic E-state index is 12.9. The van der Waals surface area contributed by atoms with Crippen LogP contribution in [0.5, 0.6) is 5.75 Å². The lowest BCUT2D eigenvalue weighted by Crippen LogP contribution is -2.31. The van der Waals surface area contributed by atoms with E-state index >= 15 is 0 Å². The smallest absolute Gasteiger partial charge is 0.350 e. The number of carbonyl (C=O) groups excluding carboxylic acids is 1. The first-order valence-corrected chi connectivity index (χ1v) is 9.79. The number of methoxy groups -OCH3 is 1. The third kappa shape index (κ3) is 4.25. The number of amides is 1. The maximum absolute atomic E-state index is 12.9. The van der Waals surface area contributed by atoms with Gasteiger partial charge in [-0.25, -0.2) is 4.79 Å². The van der Waals surface area contributed by atoms with E-state index in [1.54, 1.807) is 31.4 Å². The number of ether oxygens (including phenoxy) is 1. The average Bonchev–Trinajstić information content (AvgIpc) is 2.81. The molecule has 7 nitrogen and oxygen atoms in total. The van der Waals surface area contributed by atoms with E-state index in [2.05, 4.69) is 10.3 Å². The van der Waals surface area contributed by atoms with Gasteiger partial charge < -0.3 is 15.0 Å². The fourth-order valence-electron chi connectivity index (χ4n) is 3.41. The summed E-state index contributed by atoms with van der Waals surface area (Å²) in [5.74, 6) is 0.921. The van der Waals surface area contributed by atoms with Crippen LogP contribution < -0.4 is 20.6 Å². The Balaban J connectivity index is 1.66. The van der Waals surface area contributed by atoms with Crippen molar-refractivity contribution in [3.63, 3.8) is 0 Å². The van der Waals surface area contributed by atoms with Gasteiger partial charge in [-0.3, -0.25) is 9.36 Å². The largest absolute Gasteiger partial charge is 0.497 e. The van der Waals surface area contributed by atoms with Gasteiger partial charge in [0.05, 0.1) is 12.6 Å². The Kier molecular flexibility index (Phi) is 5.66. The van der Waals surface area contributed by atoms with E-state index in [1.807, 2.05) is 66.5 Å². The molecule has 0 saturated heterocycles. The van der Waals surface area contributed by atoms with E-state index in [-0.39, 0.29) is 12.5 Å². The molecule has 0 fully saturated rings. The first-order chi connectivity index (χ1) is 15.1. The number of aromatic nitrogens is 2. The minimum absolute atomic E-state index is 0.145. The van der Waals surface area contributed by atoms with Gasteiger partial charge in [-0.2, -0.15) is 4.98 Å². The molecule has 0 unspecified atom stereocenters. The molecule has 7 heteroatoms. The Bertz CT molecular complexity index is 1270. The van der Waals surface area contributed by atoms with Gasteiger partial charge in [-0.1, -0.05) is 30.3 Å². The molecule has 0 bridgehead atoms. The van der Waals surface area contributed by atoms with Crippen molar-refractivity contribution >= 4 is 34.0 Å². The lowest BCUT2D eigenvalue weighted by atomic mass is 10.2. The second kappa shape index (κ2) is 8.71. The normalized spacial score (nSPS) is 10.6. The number of nitrogens with one attached hydrogen (secondary N) is 1. The van der Waals surface area contributed by atoms with Crippen molar-refractivity contribution in [3.05, 3.63) is 89.3 Å². The first-order valence-electron chi connectivity index (χ1n) is 9.79. The molecule has 0 saturated carbocycles. The van der Waals surface area contributed by atoms with Crippen molar-refractivity contribution < 1.29 is 9.53 Å². The van der Waals surface area contributed by atoms with Crippen LogP contribution in [0.2, 0.25) is 0 Å². The second-order valence-corrected chi connectivity index (χ2v) is 6.99. The van der Waals surface area contributed by atoms with E-state index in [9.17, 15) is 9.59 Å². The molecule has 0 aliphatic rings. The highest BCUT2D eigenvalue weighted by Gasteiger charge is 2.16. The quantitative estimate of drug-likeness (QED) is 0.519. The van der Waals surface area contributed by atoms with E-state index in [1.165, 1.54) is 4.57 Å². The van der Waals surface area contributed by atoms with Gasteiger partial charge >= 0.3 is 5.69 Å². The van der Waals surface area contributed by atoms with E-state index in [0.29, 0.717) is 22.8 Å². The molecule has 31 heavy (non-hydrogen) atoms. The molecule has 0 radical (unpaired) electrons. The van der Waals surface area contributed by atoms with Crippen LogP contribution in [-0.2, 0) is 11.3 Å². The van der Waals surface area contributed by atoms with Crippen LogP contribution in [0.1, 0.15) is 0 Å². The fourth-order valence-corrected chi connectivity index (χ4v) is 3.41. The topological polar surface area (TPSA) is 76.5 Å². The van der Waals surface area contributed by atoms with Gasteiger partial charge in [0.25, 0.3) is 0 Å². The summed E-state index contributed by atoms with van der Waals surface area (Å²) in [6.45, 7) is -0.145. The SMILES string of the molecule is COc1ccc(NC(=O)Cn2c(=O)nc(N(C)c3ccccc3)c3ccccc32)cc1. The third-order valence-corrected chi connectivity index (χ3v) is 5.00. The Morgan fingerprint density at radius 3 is 2.39 bits per heavy atom. The van der Waals surface area contributed by atoms with Gasteiger partial charge in [0.1, 0.15) is 18.1 Å². The minimum Gasteiger partial charge on any atom is -0.497 e. The zero-order valence-electron chi connectivity index (χ0n) is 17.3. The summed E-state index contributed by atoms with van der Waals surface area (Å²) in [5, 5.41) is 3.59. The lowest BCUT2D eigenvalue weighted by Gasteiger charge is -2.21. The molecule has 4 aromatic rings. The van der Waals surface area contributed by atoms with E-state index in [0.717, 1.165) is 11.1 Å². The van der Waals surface area contributed by atoms with Crippen molar-refractivity contribution in [2.45, 2.75) is 6.54 Å². The van der Waals surface area contributed by atoms with Crippen molar-refractivity contribution in [3.8, 4) is 5.75 Å². The number of rotatable bonds is 6. The van der Waals surface area contributed by atoms with Crippen molar-refractivity contribution in [2.75, 3.05) is 24.4 Å². The number of benzene rings is 3. The van der Waals surface area contributed by atoms with Crippen molar-refractivity contribution in [1.82, 2.24) is 9.55 Å². The summed E-state index contributed by atoms with van der Waals surface area (Å²) in [6.07, 6.45) is 0. The van der Waals surface area contributed by atoms with Crippen molar-refractivity contribution in [2.24, 2.45) is 0 Å². The monoisotopic (exact) mass is 414 g/mol. The molecule has 1 aromatic heterocycles. The van der Waals surface area contributed by atoms with Gasteiger partial charge in [-0.05, 0) is 48.5 Å². The highest BCUT2D eigenvalue weighted by atomic mass is 16.5. The number of fused-ring (bicyclic) bond motifs is 1. The summed E-state index contributed by atoms with van der Waals surface area (Å²) in [4.78, 5) is 31.7. The molecule has 0 aliphatic heterocycles. The van der Waals surface area contributed by atoms with Crippen LogP contribution in [0.3, 0.4) is 0 Å². The van der Waals surface area contributed by atoms with Gasteiger partial charge in [-0.15, -0.1) is 0 Å². The highest BCUT2D eigenvalue weighted by molar-refractivity contribution is 5.94. The summed E-state index contributed by atoms with van der Waals surface area (Å²) >= 11 is 0. The Morgan fingerprint density at radius 2 is 1.68 bits per heavy atom. The number of para-hydroxylation sites is 2. The standard InChI is InChI=1S/C24H22N4O3/c1-27(18-8-4-3-5-9-18)23-20-10-6-7-11-21(20)28(24(30)26-23)16-22(29)25-17-12-14-19(31-2)15-13-17/h3-15H,16H2,1-2H3,(H,25,29). The van der Waals surface area contributed by atoms with Crippen LogP contribution in [0, 0.1) is 0 Å². The summed E-state index contributed by atoms with van der Waals surface area (Å²) in [5.41, 5.74) is 1.69. The van der Waals surface area contributed by atoms with Crippen molar-refractivity contribution in [1.29, 1.82) is 0 Å². The lowest BCUT2D eigenvalue weighted by molar-refractivity contribution is -0.116. The fraction of sp³-hybridized carbons (Fsp3) is 0.125. The van der Waals surface area contributed by atoms with E-state index in [4.69, 9.17) is 4.74 Å². The Morgan fingerprint density at radius 1 is 1.00 bits per heavy atom. The molecule has 156 valence electrons. The molecule has 1 heterocycles. The predicted molar refractivity (Wildman–Crippen MR) is 122 cm³/mol. The minimum atomic E-state index is -0.485. The van der Waals surface area contributed by atoms with Crippen LogP contribution >= 0.6 is 0 Å². The molecule has 4 rings (SSSR count). The number of hydrogen-bond donors (Lipinski definition) is 1. The predicted octanol–water partition coefficient (Wildman–Crippen LogP) is 3.81. The second-order valence-electron chi connectivity index (χ2n) is 6.99. The summed E-state index contributed by atoms with van der Waals surface area (Å²) < 4.78 is 6.51. The maximum Gasteiger partial charge on any atom is 0.350 e. The van der Waals surface area contributed by atoms with Crippen LogP contribution in [-0.4, -0.2) is 29.6 Å². The first kappa shape index (κ1) is 20.2. The van der Waals surface area contributed by atoms with Gasteiger partial charge in [0, 0.05) is 23.8 Å². The molecule has 1 N–H and O–H groups in total. The van der Waals surface area contributed by atoms with Crippen LogP contribution in [0.25, 0.3) is 10.9 Å². The molecule has 3 aromatic carbocycles. The number of carbonyl (C=O) groups is 1. The Hall–Kier alpha value is -4.13. The molecular weight excluding hydrogens is 392 g/mol. The van der Waals surface area contributed by atoms with E-state index < -0.39 is 5.69 Å². The van der Waals surface area contributed by atoms with Crippen LogP contribution in [0.4, 0.5) is 17.2 Å². The summed E-state index contributed by atoms with van der Waals surface area (Å²) in [6, 6.07) is 24.1. The van der Waals surface area contributed by atoms with Crippen LogP contribution in [0.15, 0.2) is 83.7 Å². The zero-order chi connectivity index (χ0) is 21.8. The van der Waals surface area contributed by atoms with Gasteiger partial charge in [0.2, 0.25) is 5.91 Å². The Labute approximate surface area is 179 Å². The number of anilines is 3. The zero-order valence-corrected chi connectivity index (χ0v) is 17.3. The molecular formula is C24H22N4O3. The van der Waals surface area contributed by atoms with Gasteiger partial charge in [0.15, 0.2) is 0 Å². The number of nitrogens with zero attached hydrogens (tertiary/aromatic N) is 3. The summed E-state index contributed by atoms with van der Waals surface area (Å²) in [7, 11) is 3.45. The average molecular weight is 414 g/mol. The molecule has 0 atom stereocenters. The molecule has 1 amide bonds. The number of hydrogen-bond acceptors (Lipinski definition) is 5. The molecule has 0 aliphatic carbocycles. The molecule has 0 spiro atoms. The highest BCUT2D eigenvalue weighted by Crippen LogP contribution is 2.27. The third-order valence-electron chi connectivity index (χ3n) is 5.00.